The molecule has 0 saturated heterocycles. The van der Waals surface area contributed by atoms with Gasteiger partial charge < -0.3 is 0 Å². The molecule has 1 aliphatic rings. The van der Waals surface area contributed by atoms with Crippen molar-refractivity contribution in [1.82, 2.24) is 0 Å². The first-order valence-electron chi connectivity index (χ1n) is 8.45. The molecule has 0 radical (unpaired) electrons. The van der Waals surface area contributed by atoms with Crippen molar-refractivity contribution in [2.45, 2.75) is 34.1 Å². The van der Waals surface area contributed by atoms with E-state index in [1.165, 1.54) is 44.3 Å². The Kier molecular flexibility index (Phi) is 6.35. The van der Waals surface area contributed by atoms with Gasteiger partial charge in [0.2, 0.25) is 0 Å². The minimum atomic E-state index is 0.972. The largest absolute Gasteiger partial charge is 0.106 e. The minimum Gasteiger partial charge on any atom is -0.106 e. The van der Waals surface area contributed by atoms with Gasteiger partial charge in [-0.3, -0.25) is 0 Å². The molecule has 1 aromatic rings. The molecule has 0 amide bonds. The number of benzene rings is 1. The summed E-state index contributed by atoms with van der Waals surface area (Å²) >= 11 is 0. The molecule has 0 nitrogen and oxygen atoms in total. The lowest BCUT2D eigenvalue weighted by Crippen LogP contribution is -2.11. The Hall–Kier alpha value is -1.91. The molecule has 0 aromatic heterocycles. The van der Waals surface area contributed by atoms with Crippen LogP contribution in [-0.4, -0.2) is 0 Å². The van der Waals surface area contributed by atoms with Crippen molar-refractivity contribution < 1.29 is 0 Å². The average Bonchev–Trinajstić information content (AvgIpc) is 2.60. The molecule has 0 N–H and O–H groups in total. The van der Waals surface area contributed by atoms with Gasteiger partial charge in [-0.15, -0.1) is 9.24 Å². The molecule has 2 rings (SSSR count). The number of fused-ring (bicyclic) bond motifs is 1. The highest BCUT2D eigenvalue weighted by Crippen LogP contribution is 2.41. The summed E-state index contributed by atoms with van der Waals surface area (Å²) in [6.07, 6.45) is 13.7. The fourth-order valence-corrected chi connectivity index (χ4v) is 3.53. The highest BCUT2D eigenvalue weighted by atomic mass is 31.0. The maximum atomic E-state index is 3.84. The molecule has 1 heteroatoms. The summed E-state index contributed by atoms with van der Waals surface area (Å²) in [5, 5.41) is 1.23. The Bertz CT molecular complexity index is 795. The molecule has 0 saturated carbocycles. The van der Waals surface area contributed by atoms with Gasteiger partial charge in [-0.1, -0.05) is 61.2 Å². The van der Waals surface area contributed by atoms with E-state index in [4.69, 9.17) is 0 Å². The van der Waals surface area contributed by atoms with E-state index in [9.17, 15) is 0 Å². The van der Waals surface area contributed by atoms with Crippen LogP contribution in [0.5, 0.6) is 0 Å². The van der Waals surface area contributed by atoms with Gasteiger partial charge in [0.15, 0.2) is 0 Å². The Balaban J connectivity index is 2.87. The van der Waals surface area contributed by atoms with E-state index in [2.05, 4.69) is 86.0 Å². The van der Waals surface area contributed by atoms with Gasteiger partial charge in [-0.05, 0) is 78.4 Å². The predicted octanol–water partition coefficient (Wildman–Crippen LogP) is 6.10. The zero-order chi connectivity index (χ0) is 17.7. The first-order valence-corrected chi connectivity index (χ1v) is 9.02. The molecular formula is C23H27P. The van der Waals surface area contributed by atoms with Crippen LogP contribution in [0.3, 0.4) is 0 Å². The standard InChI is InChI=1S/C23H27P/c1-6-10-11-21-17(8-3)14-18-15-19(24)12-13-22(18)23(21)20(9-4)16(5)7-2/h6-13,15H,1,14,24H2,2-5H3/b11-10-,16-7-,17-8-,20-9+. The van der Waals surface area contributed by atoms with Crippen LogP contribution in [0.25, 0.3) is 5.57 Å². The molecule has 24 heavy (non-hydrogen) atoms. The maximum absolute atomic E-state index is 3.84. The van der Waals surface area contributed by atoms with Gasteiger partial charge in [-0.25, -0.2) is 0 Å². The minimum absolute atomic E-state index is 0.972. The van der Waals surface area contributed by atoms with Gasteiger partial charge in [0, 0.05) is 0 Å². The Morgan fingerprint density at radius 2 is 1.92 bits per heavy atom. The third-order valence-electron chi connectivity index (χ3n) is 4.56. The third kappa shape index (κ3) is 3.60. The van der Waals surface area contributed by atoms with Crippen LogP contribution in [0.1, 0.15) is 38.8 Å². The molecule has 0 heterocycles. The smallest absolute Gasteiger partial charge is 0.00165 e. The lowest BCUT2D eigenvalue weighted by molar-refractivity contribution is 1.12. The second-order valence-corrected chi connectivity index (χ2v) is 6.63. The van der Waals surface area contributed by atoms with E-state index in [1.54, 1.807) is 0 Å². The molecule has 1 aromatic carbocycles. The average molecular weight is 334 g/mol. The van der Waals surface area contributed by atoms with Crippen LogP contribution >= 0.6 is 9.24 Å². The predicted molar refractivity (Wildman–Crippen MR) is 113 cm³/mol. The zero-order valence-corrected chi connectivity index (χ0v) is 16.3. The molecule has 1 atom stereocenters. The Labute approximate surface area is 149 Å². The van der Waals surface area contributed by atoms with E-state index in [1.807, 2.05) is 12.2 Å². The van der Waals surface area contributed by atoms with Gasteiger partial charge >= 0.3 is 0 Å². The van der Waals surface area contributed by atoms with Crippen LogP contribution < -0.4 is 5.30 Å². The van der Waals surface area contributed by atoms with E-state index in [0.29, 0.717) is 0 Å². The summed E-state index contributed by atoms with van der Waals surface area (Å²) in [5.74, 6) is 0. The van der Waals surface area contributed by atoms with Crippen molar-refractivity contribution in [2.24, 2.45) is 0 Å². The second-order valence-electron chi connectivity index (χ2n) is 5.96. The first kappa shape index (κ1) is 18.4. The lowest BCUT2D eigenvalue weighted by Gasteiger charge is -2.27. The van der Waals surface area contributed by atoms with Crippen molar-refractivity contribution in [2.75, 3.05) is 0 Å². The summed E-state index contributed by atoms with van der Waals surface area (Å²) in [5.41, 5.74) is 9.33. The first-order chi connectivity index (χ1) is 11.6. The number of hydrogen-bond acceptors (Lipinski definition) is 0. The van der Waals surface area contributed by atoms with Gasteiger partial charge in [-0.2, -0.15) is 0 Å². The van der Waals surface area contributed by atoms with Crippen LogP contribution in [0.4, 0.5) is 0 Å². The Morgan fingerprint density at radius 1 is 1.17 bits per heavy atom. The highest BCUT2D eigenvalue weighted by molar-refractivity contribution is 7.27. The SMILES string of the molecule is C=C/C=C\C1=C(C(=C/C)/C(C)=C\C)c2ccc(P)cc2C/C1=C/C. The quantitative estimate of drug-likeness (QED) is 0.461. The fraction of sp³-hybridized carbons (Fsp3) is 0.217. The second kappa shape index (κ2) is 8.27. The zero-order valence-electron chi connectivity index (χ0n) is 15.2. The number of rotatable bonds is 4. The highest BCUT2D eigenvalue weighted by Gasteiger charge is 2.23. The topological polar surface area (TPSA) is 0 Å². The summed E-state index contributed by atoms with van der Waals surface area (Å²) in [6, 6.07) is 6.72. The van der Waals surface area contributed by atoms with Crippen molar-refractivity contribution in [3.63, 3.8) is 0 Å². The maximum Gasteiger partial charge on any atom is -0.00165 e. The van der Waals surface area contributed by atoms with Gasteiger partial charge in [0.05, 0.1) is 0 Å². The van der Waals surface area contributed by atoms with Crippen molar-refractivity contribution in [3.05, 3.63) is 94.7 Å². The van der Waals surface area contributed by atoms with Crippen molar-refractivity contribution in [3.8, 4) is 0 Å². The molecule has 0 fully saturated rings. The summed E-state index contributed by atoms with van der Waals surface area (Å²) < 4.78 is 0. The molecule has 0 spiro atoms. The number of hydrogen-bond donors (Lipinski definition) is 0. The van der Waals surface area contributed by atoms with E-state index < -0.39 is 0 Å². The van der Waals surface area contributed by atoms with Crippen LogP contribution in [0.2, 0.25) is 0 Å². The van der Waals surface area contributed by atoms with Crippen molar-refractivity contribution in [1.29, 1.82) is 0 Å². The summed E-state index contributed by atoms with van der Waals surface area (Å²) in [4.78, 5) is 0. The molecule has 0 aliphatic heterocycles. The summed E-state index contributed by atoms with van der Waals surface area (Å²) in [7, 11) is 2.81. The normalized spacial score (nSPS) is 17.6. The molecule has 1 aliphatic carbocycles. The fourth-order valence-electron chi connectivity index (χ4n) is 3.24. The van der Waals surface area contributed by atoms with Gasteiger partial charge in [0.1, 0.15) is 0 Å². The van der Waals surface area contributed by atoms with Crippen LogP contribution in [0.15, 0.2) is 83.5 Å². The van der Waals surface area contributed by atoms with Crippen LogP contribution in [0, 0.1) is 0 Å². The van der Waals surface area contributed by atoms with E-state index in [-0.39, 0.29) is 0 Å². The van der Waals surface area contributed by atoms with E-state index >= 15 is 0 Å². The van der Waals surface area contributed by atoms with Crippen molar-refractivity contribution >= 4 is 20.1 Å². The third-order valence-corrected chi connectivity index (χ3v) is 4.92. The molecular weight excluding hydrogens is 307 g/mol. The monoisotopic (exact) mass is 334 g/mol. The number of allylic oxidation sites excluding steroid dienone is 11. The van der Waals surface area contributed by atoms with E-state index in [0.717, 1.165) is 6.42 Å². The summed E-state index contributed by atoms with van der Waals surface area (Å²) in [6.45, 7) is 12.4. The molecule has 0 bridgehead atoms. The van der Waals surface area contributed by atoms with Gasteiger partial charge in [0.25, 0.3) is 0 Å². The molecule has 1 unspecified atom stereocenters. The molecule has 124 valence electrons. The lowest BCUT2D eigenvalue weighted by atomic mass is 9.77. The van der Waals surface area contributed by atoms with Crippen LogP contribution in [-0.2, 0) is 6.42 Å². The Morgan fingerprint density at radius 3 is 2.50 bits per heavy atom.